The molecule has 0 aliphatic rings. The number of amides is 1. The van der Waals surface area contributed by atoms with Crippen LogP contribution in [0.2, 0.25) is 0 Å². The fraction of sp³-hybridized carbons (Fsp3) is 0.900. The molecule has 0 saturated heterocycles. The van der Waals surface area contributed by atoms with E-state index in [9.17, 15) is 4.79 Å². The summed E-state index contributed by atoms with van der Waals surface area (Å²) >= 11 is 0. The average Bonchev–Trinajstić information content (AvgIpc) is 2.09. The Morgan fingerprint density at radius 3 is 2.36 bits per heavy atom. The Morgan fingerprint density at radius 2 is 2.00 bits per heavy atom. The zero-order chi connectivity index (χ0) is 11.2. The molecule has 4 nitrogen and oxygen atoms in total. The van der Waals surface area contributed by atoms with Crippen LogP contribution in [0.5, 0.6) is 0 Å². The lowest BCUT2D eigenvalue weighted by Crippen LogP contribution is -2.45. The molecule has 14 heavy (non-hydrogen) atoms. The van der Waals surface area contributed by atoms with Gasteiger partial charge in [-0.3, -0.25) is 4.79 Å². The van der Waals surface area contributed by atoms with E-state index >= 15 is 0 Å². The molecule has 0 bridgehead atoms. The van der Waals surface area contributed by atoms with Gasteiger partial charge in [0, 0.05) is 18.6 Å². The number of carbonyl (C=O) groups is 1. The molecule has 0 atom stereocenters. The summed E-state index contributed by atoms with van der Waals surface area (Å²) < 4.78 is 0. The van der Waals surface area contributed by atoms with Crippen LogP contribution in [0.3, 0.4) is 0 Å². The fourth-order valence-electron chi connectivity index (χ4n) is 1.03. The first-order valence-electron chi connectivity index (χ1n) is 5.04. The van der Waals surface area contributed by atoms with Gasteiger partial charge in [-0.25, -0.2) is 0 Å². The van der Waals surface area contributed by atoms with Gasteiger partial charge in [0.15, 0.2) is 0 Å². The van der Waals surface area contributed by atoms with Crippen LogP contribution in [0.1, 0.15) is 27.7 Å². The average molecular weight is 202 g/mol. The Morgan fingerprint density at radius 1 is 1.43 bits per heavy atom. The predicted molar refractivity (Wildman–Crippen MR) is 57.1 cm³/mol. The van der Waals surface area contributed by atoms with Crippen LogP contribution in [-0.4, -0.2) is 47.7 Å². The molecule has 0 saturated carbocycles. The van der Waals surface area contributed by atoms with Gasteiger partial charge in [0.1, 0.15) is 0 Å². The minimum absolute atomic E-state index is 0.0229. The van der Waals surface area contributed by atoms with Gasteiger partial charge in [0.05, 0.1) is 13.2 Å². The first-order chi connectivity index (χ1) is 6.40. The van der Waals surface area contributed by atoms with Gasteiger partial charge in [-0.05, 0) is 27.7 Å². The van der Waals surface area contributed by atoms with Crippen molar-refractivity contribution in [2.75, 3.05) is 26.2 Å². The van der Waals surface area contributed by atoms with E-state index < -0.39 is 0 Å². The molecule has 1 amide bonds. The van der Waals surface area contributed by atoms with Crippen molar-refractivity contribution in [2.45, 2.75) is 33.2 Å². The highest BCUT2D eigenvalue weighted by atomic mass is 16.3. The molecule has 0 heterocycles. The summed E-state index contributed by atoms with van der Waals surface area (Å²) in [7, 11) is 0. The summed E-state index contributed by atoms with van der Waals surface area (Å²) in [5.74, 6) is 0.0384. The Hall–Kier alpha value is -0.610. The van der Waals surface area contributed by atoms with Gasteiger partial charge in [-0.1, -0.05) is 0 Å². The van der Waals surface area contributed by atoms with E-state index in [2.05, 4.69) is 5.32 Å². The highest BCUT2D eigenvalue weighted by molar-refractivity contribution is 5.78. The largest absolute Gasteiger partial charge is 0.395 e. The van der Waals surface area contributed by atoms with Gasteiger partial charge in [-0.2, -0.15) is 0 Å². The van der Waals surface area contributed by atoms with Crippen LogP contribution < -0.4 is 5.32 Å². The number of nitrogens with one attached hydrogen (secondary N) is 1. The van der Waals surface area contributed by atoms with Crippen molar-refractivity contribution in [1.82, 2.24) is 10.2 Å². The number of aliphatic hydroxyl groups is 1. The monoisotopic (exact) mass is 202 g/mol. The van der Waals surface area contributed by atoms with E-state index in [1.807, 2.05) is 27.7 Å². The third-order valence-electron chi connectivity index (χ3n) is 1.87. The van der Waals surface area contributed by atoms with E-state index in [1.54, 1.807) is 4.90 Å². The molecule has 84 valence electrons. The number of rotatable bonds is 5. The molecule has 0 radical (unpaired) electrons. The third kappa shape index (κ3) is 5.94. The predicted octanol–water partition coefficient (Wildman–Crippen LogP) is 0.215. The normalized spacial score (nSPS) is 11.5. The number of nitrogens with zero attached hydrogens (tertiary/aromatic N) is 1. The number of hydrogen-bond acceptors (Lipinski definition) is 3. The second-order valence-electron chi connectivity index (χ2n) is 4.30. The van der Waals surface area contributed by atoms with Crippen LogP contribution in [0.15, 0.2) is 0 Å². The van der Waals surface area contributed by atoms with E-state index in [0.29, 0.717) is 19.6 Å². The molecule has 0 rings (SSSR count). The molecule has 0 aromatic heterocycles. The lowest BCUT2D eigenvalue weighted by atomic mass is 10.1. The maximum absolute atomic E-state index is 11.6. The van der Waals surface area contributed by atoms with Crippen molar-refractivity contribution in [3.63, 3.8) is 0 Å². The Kier molecular flexibility index (Phi) is 5.72. The quantitative estimate of drug-likeness (QED) is 0.670. The lowest BCUT2D eigenvalue weighted by Gasteiger charge is -2.24. The fourth-order valence-corrected chi connectivity index (χ4v) is 1.03. The Bertz CT molecular complexity index is 175. The van der Waals surface area contributed by atoms with Crippen LogP contribution >= 0.6 is 0 Å². The molecule has 0 aromatic carbocycles. The van der Waals surface area contributed by atoms with Crippen molar-refractivity contribution >= 4 is 5.91 Å². The van der Waals surface area contributed by atoms with Crippen LogP contribution in [-0.2, 0) is 4.79 Å². The Labute approximate surface area is 86.3 Å². The maximum atomic E-state index is 11.6. The minimum atomic E-state index is -0.0473. The molecule has 0 fully saturated rings. The van der Waals surface area contributed by atoms with Crippen LogP contribution in [0.25, 0.3) is 0 Å². The molecule has 0 unspecified atom stereocenters. The number of hydrogen-bond donors (Lipinski definition) is 2. The molecule has 0 aromatic rings. The maximum Gasteiger partial charge on any atom is 0.236 e. The highest BCUT2D eigenvalue weighted by Gasteiger charge is 2.14. The van der Waals surface area contributed by atoms with Gasteiger partial charge in [0.25, 0.3) is 0 Å². The molecular formula is C10H22N2O2. The lowest BCUT2D eigenvalue weighted by molar-refractivity contribution is -0.130. The van der Waals surface area contributed by atoms with Crippen molar-refractivity contribution in [3.8, 4) is 0 Å². The molecule has 0 spiro atoms. The molecule has 2 N–H and O–H groups in total. The van der Waals surface area contributed by atoms with E-state index in [-0.39, 0.29) is 18.1 Å². The molecular weight excluding hydrogens is 180 g/mol. The summed E-state index contributed by atoms with van der Waals surface area (Å²) in [4.78, 5) is 13.2. The first-order valence-corrected chi connectivity index (χ1v) is 5.04. The third-order valence-corrected chi connectivity index (χ3v) is 1.87. The standard InChI is InChI=1S/C10H22N2O2/c1-5-12(6-7-13)9(14)8-11-10(2,3)4/h11,13H,5-8H2,1-4H3. The van der Waals surface area contributed by atoms with Gasteiger partial charge < -0.3 is 15.3 Å². The summed E-state index contributed by atoms with van der Waals surface area (Å²) in [6.45, 7) is 9.37. The first kappa shape index (κ1) is 13.4. The number of carbonyl (C=O) groups excluding carboxylic acids is 1. The number of likely N-dealkylation sites (N-methyl/N-ethyl adjacent to an activating group) is 1. The van der Waals surface area contributed by atoms with Crippen molar-refractivity contribution < 1.29 is 9.90 Å². The molecule has 0 aliphatic heterocycles. The topological polar surface area (TPSA) is 52.6 Å². The summed E-state index contributed by atoms with van der Waals surface area (Å²) in [5.41, 5.74) is -0.0473. The van der Waals surface area contributed by atoms with Gasteiger partial charge in [-0.15, -0.1) is 0 Å². The molecule has 0 aliphatic carbocycles. The zero-order valence-electron chi connectivity index (χ0n) is 9.63. The summed E-state index contributed by atoms with van der Waals surface area (Å²) in [6.07, 6.45) is 0. The van der Waals surface area contributed by atoms with Crippen molar-refractivity contribution in [1.29, 1.82) is 0 Å². The second-order valence-corrected chi connectivity index (χ2v) is 4.30. The van der Waals surface area contributed by atoms with E-state index in [1.165, 1.54) is 0 Å². The van der Waals surface area contributed by atoms with Crippen LogP contribution in [0, 0.1) is 0 Å². The SMILES string of the molecule is CCN(CCO)C(=O)CNC(C)(C)C. The summed E-state index contributed by atoms with van der Waals surface area (Å²) in [6, 6.07) is 0. The summed E-state index contributed by atoms with van der Waals surface area (Å²) in [5, 5.41) is 11.9. The van der Waals surface area contributed by atoms with Gasteiger partial charge >= 0.3 is 0 Å². The van der Waals surface area contributed by atoms with Crippen molar-refractivity contribution in [3.05, 3.63) is 0 Å². The smallest absolute Gasteiger partial charge is 0.236 e. The highest BCUT2D eigenvalue weighted by Crippen LogP contribution is 1.98. The zero-order valence-corrected chi connectivity index (χ0v) is 9.63. The molecule has 4 heteroatoms. The van der Waals surface area contributed by atoms with E-state index in [4.69, 9.17) is 5.11 Å². The minimum Gasteiger partial charge on any atom is -0.395 e. The second kappa shape index (κ2) is 5.98. The van der Waals surface area contributed by atoms with Crippen molar-refractivity contribution in [2.24, 2.45) is 0 Å². The van der Waals surface area contributed by atoms with E-state index in [0.717, 1.165) is 0 Å². The Balaban J connectivity index is 3.93. The van der Waals surface area contributed by atoms with Crippen LogP contribution in [0.4, 0.5) is 0 Å². The number of aliphatic hydroxyl groups excluding tert-OH is 1. The van der Waals surface area contributed by atoms with Gasteiger partial charge in [0.2, 0.25) is 5.91 Å².